The lowest BCUT2D eigenvalue weighted by Gasteiger charge is -2.32. The Bertz CT molecular complexity index is 687. The molecule has 1 aliphatic rings. The zero-order valence-electron chi connectivity index (χ0n) is 15.9. The number of carbonyl (C=O) groups is 2. The van der Waals surface area contributed by atoms with Crippen molar-refractivity contribution in [3.05, 3.63) is 36.0 Å². The molecule has 0 saturated carbocycles. The molecule has 1 saturated heterocycles. The minimum Gasteiger partial charge on any atom is -0.472 e. The Balaban J connectivity index is 2.17. The number of esters is 1. The second kappa shape index (κ2) is 8.71. The van der Waals surface area contributed by atoms with Crippen LogP contribution >= 0.6 is 11.6 Å². The summed E-state index contributed by atoms with van der Waals surface area (Å²) in [5, 5.41) is 0.493. The Labute approximate surface area is 164 Å². The zero-order chi connectivity index (χ0) is 20.2. The van der Waals surface area contributed by atoms with E-state index < -0.39 is 29.6 Å². The van der Waals surface area contributed by atoms with Crippen LogP contribution in [0, 0.1) is 5.41 Å². The van der Waals surface area contributed by atoms with Crippen molar-refractivity contribution in [2.75, 3.05) is 13.2 Å². The molecule has 7 nitrogen and oxygen atoms in total. The summed E-state index contributed by atoms with van der Waals surface area (Å²) >= 11 is 5.83. The summed E-state index contributed by atoms with van der Waals surface area (Å²) in [6.45, 7) is 9.46. The molecule has 0 radical (unpaired) electrons. The minimum atomic E-state index is -0.761. The molecule has 27 heavy (non-hydrogen) atoms. The number of rotatable bonds is 6. The molecule has 148 valence electrons. The summed E-state index contributed by atoms with van der Waals surface area (Å²) in [5.74, 6) is -0.435. The highest BCUT2D eigenvalue weighted by molar-refractivity contribution is 6.30. The van der Waals surface area contributed by atoms with E-state index >= 15 is 0 Å². The van der Waals surface area contributed by atoms with Gasteiger partial charge in [-0.05, 0) is 11.5 Å². The van der Waals surface area contributed by atoms with Crippen molar-refractivity contribution in [3.8, 4) is 5.88 Å². The van der Waals surface area contributed by atoms with E-state index in [-0.39, 0.29) is 19.1 Å². The highest BCUT2D eigenvalue weighted by atomic mass is 35.5. The molecule has 1 aromatic heterocycles. The van der Waals surface area contributed by atoms with E-state index in [0.29, 0.717) is 17.3 Å². The van der Waals surface area contributed by atoms with Gasteiger partial charge in [0.1, 0.15) is 18.8 Å². The van der Waals surface area contributed by atoms with E-state index in [1.54, 1.807) is 12.1 Å². The number of likely N-dealkylation sites (tertiary alicyclic amines) is 1. The average molecular weight is 396 g/mol. The van der Waals surface area contributed by atoms with Crippen LogP contribution in [0.5, 0.6) is 5.88 Å². The van der Waals surface area contributed by atoms with E-state index in [1.165, 1.54) is 17.2 Å². The fourth-order valence-electron chi connectivity index (χ4n) is 2.74. The van der Waals surface area contributed by atoms with Gasteiger partial charge < -0.3 is 20.1 Å². The van der Waals surface area contributed by atoms with Crippen molar-refractivity contribution in [1.29, 1.82) is 0 Å². The second-order valence-electron chi connectivity index (χ2n) is 7.56. The minimum absolute atomic E-state index is 0.0763. The molecule has 1 amide bonds. The smallest absolute Gasteiger partial charge is 0.329 e. The molecule has 0 aliphatic carbocycles. The van der Waals surface area contributed by atoms with Gasteiger partial charge in [0, 0.05) is 18.7 Å². The van der Waals surface area contributed by atoms with Gasteiger partial charge in [0.2, 0.25) is 11.8 Å². The third kappa shape index (κ3) is 5.43. The molecule has 1 aromatic rings. The predicted octanol–water partition coefficient (Wildman–Crippen LogP) is 2.19. The van der Waals surface area contributed by atoms with Gasteiger partial charge in [-0.1, -0.05) is 45.0 Å². The molecule has 1 aliphatic heterocycles. The highest BCUT2D eigenvalue weighted by Crippen LogP contribution is 2.27. The van der Waals surface area contributed by atoms with Gasteiger partial charge in [-0.25, -0.2) is 9.78 Å². The topological polar surface area (TPSA) is 94.8 Å². The zero-order valence-corrected chi connectivity index (χ0v) is 16.6. The lowest BCUT2D eigenvalue weighted by Crippen LogP contribution is -2.53. The monoisotopic (exact) mass is 395 g/mol. The number of amides is 1. The van der Waals surface area contributed by atoms with E-state index in [1.807, 2.05) is 20.8 Å². The molecule has 0 bridgehead atoms. The number of pyridine rings is 1. The van der Waals surface area contributed by atoms with Gasteiger partial charge in [0.05, 0.1) is 17.6 Å². The normalized spacial score (nSPS) is 20.9. The molecule has 2 heterocycles. The molecule has 2 rings (SSSR count). The summed E-state index contributed by atoms with van der Waals surface area (Å²) in [6, 6.07) is 1.79. The first-order valence-electron chi connectivity index (χ1n) is 8.75. The number of carbonyl (C=O) groups excluding carboxylic acids is 2. The van der Waals surface area contributed by atoms with Crippen LogP contribution in [0.1, 0.15) is 27.2 Å². The third-order valence-electron chi connectivity index (χ3n) is 4.35. The fraction of sp³-hybridized carbons (Fsp3) is 0.526. The Kier molecular flexibility index (Phi) is 6.84. The van der Waals surface area contributed by atoms with Crippen molar-refractivity contribution >= 4 is 23.5 Å². The van der Waals surface area contributed by atoms with Crippen LogP contribution in [0.15, 0.2) is 31.0 Å². The van der Waals surface area contributed by atoms with E-state index in [0.717, 1.165) is 0 Å². The first kappa shape index (κ1) is 21.2. The Morgan fingerprint density at radius 3 is 2.74 bits per heavy atom. The molecule has 3 atom stereocenters. The number of aromatic nitrogens is 1. The van der Waals surface area contributed by atoms with Gasteiger partial charge in [-0.15, -0.1) is 0 Å². The number of ether oxygens (including phenoxy) is 2. The summed E-state index contributed by atoms with van der Waals surface area (Å²) in [6.07, 6.45) is 2.84. The second-order valence-corrected chi connectivity index (χ2v) is 8.00. The highest BCUT2D eigenvalue weighted by Gasteiger charge is 2.44. The molecule has 2 N–H and O–H groups in total. The van der Waals surface area contributed by atoms with Gasteiger partial charge >= 0.3 is 5.97 Å². The van der Waals surface area contributed by atoms with E-state index in [4.69, 9.17) is 26.8 Å². The average Bonchev–Trinajstić information content (AvgIpc) is 3.03. The van der Waals surface area contributed by atoms with Gasteiger partial charge in [-0.3, -0.25) is 4.79 Å². The van der Waals surface area contributed by atoms with Crippen LogP contribution in [0.2, 0.25) is 5.02 Å². The van der Waals surface area contributed by atoms with Gasteiger partial charge in [0.25, 0.3) is 0 Å². The first-order valence-corrected chi connectivity index (χ1v) is 9.13. The third-order valence-corrected chi connectivity index (χ3v) is 4.57. The van der Waals surface area contributed by atoms with Crippen molar-refractivity contribution < 1.29 is 19.1 Å². The van der Waals surface area contributed by atoms with Crippen LogP contribution in [0.25, 0.3) is 0 Å². The molecule has 0 unspecified atom stereocenters. The maximum absolute atomic E-state index is 12.9. The van der Waals surface area contributed by atoms with Crippen molar-refractivity contribution in [2.24, 2.45) is 11.1 Å². The number of nitrogens with two attached hydrogens (primary N) is 1. The summed E-state index contributed by atoms with van der Waals surface area (Å²) < 4.78 is 11.0. The Morgan fingerprint density at radius 2 is 2.19 bits per heavy atom. The van der Waals surface area contributed by atoms with Crippen LogP contribution in [0.4, 0.5) is 0 Å². The Morgan fingerprint density at radius 1 is 1.48 bits per heavy atom. The van der Waals surface area contributed by atoms with Crippen LogP contribution in [-0.2, 0) is 14.3 Å². The quantitative estimate of drug-likeness (QED) is 0.586. The maximum atomic E-state index is 12.9. The van der Waals surface area contributed by atoms with Crippen LogP contribution in [0.3, 0.4) is 0 Å². The number of hydrogen-bond acceptors (Lipinski definition) is 6. The first-order chi connectivity index (χ1) is 12.6. The van der Waals surface area contributed by atoms with Crippen molar-refractivity contribution in [1.82, 2.24) is 9.88 Å². The van der Waals surface area contributed by atoms with Crippen LogP contribution in [-0.4, -0.2) is 53.1 Å². The van der Waals surface area contributed by atoms with Gasteiger partial charge in [0.15, 0.2) is 0 Å². The molecular formula is C19H26ClN3O4. The number of nitrogens with zero attached hydrogens (tertiary/aromatic N) is 2. The molecule has 1 fully saturated rings. The van der Waals surface area contributed by atoms with Gasteiger partial charge in [-0.2, -0.15) is 0 Å². The molecule has 0 spiro atoms. The van der Waals surface area contributed by atoms with E-state index in [9.17, 15) is 9.59 Å². The summed E-state index contributed by atoms with van der Waals surface area (Å²) in [7, 11) is 0. The summed E-state index contributed by atoms with van der Waals surface area (Å²) in [5.41, 5.74) is 5.68. The predicted molar refractivity (Wildman–Crippen MR) is 102 cm³/mol. The molecule has 8 heteroatoms. The van der Waals surface area contributed by atoms with Crippen molar-refractivity contribution in [2.45, 2.75) is 45.4 Å². The number of halogens is 1. The van der Waals surface area contributed by atoms with E-state index in [2.05, 4.69) is 11.6 Å². The largest absolute Gasteiger partial charge is 0.472 e. The SMILES string of the molecule is C=CCOC(=O)[C@@H]1C[C@@H](Oc2ccc(Cl)cn2)CN1C(=O)[C@@H](N)C(C)(C)C. The fourth-order valence-corrected chi connectivity index (χ4v) is 2.85. The molecular weight excluding hydrogens is 370 g/mol. The lowest BCUT2D eigenvalue weighted by molar-refractivity contribution is -0.153. The number of hydrogen-bond donors (Lipinski definition) is 1. The Hall–Kier alpha value is -2.12. The maximum Gasteiger partial charge on any atom is 0.329 e. The summed E-state index contributed by atoms with van der Waals surface area (Å²) in [4.78, 5) is 30.9. The standard InChI is InChI=1S/C19H26ClN3O4/c1-5-8-26-18(25)14-9-13(27-15-7-6-12(20)10-22-15)11-23(14)17(24)16(21)19(2,3)4/h5-7,10,13-14,16H,1,8-9,11,21H2,2-4H3/t13-,14+,16-/m1/s1. The van der Waals surface area contributed by atoms with Crippen molar-refractivity contribution in [3.63, 3.8) is 0 Å². The lowest BCUT2D eigenvalue weighted by atomic mass is 9.86. The van der Waals surface area contributed by atoms with Crippen LogP contribution < -0.4 is 10.5 Å². The molecule has 0 aromatic carbocycles.